The van der Waals surface area contributed by atoms with E-state index in [1.54, 1.807) is 50.4 Å². The van der Waals surface area contributed by atoms with Crippen molar-refractivity contribution in [3.8, 4) is 11.5 Å². The van der Waals surface area contributed by atoms with Crippen LogP contribution in [0.25, 0.3) is 11.0 Å². The maximum atomic E-state index is 13.2. The summed E-state index contributed by atoms with van der Waals surface area (Å²) in [6.45, 7) is 8.19. The number of phenols is 1. The normalized spacial score (nSPS) is 11.3. The van der Waals surface area contributed by atoms with E-state index >= 15 is 0 Å². The number of aromatic hydroxyl groups is 1. The quantitative estimate of drug-likeness (QED) is 0.622. The van der Waals surface area contributed by atoms with Gasteiger partial charge in [0.05, 0.1) is 12.7 Å². The molecule has 0 unspecified atom stereocenters. The summed E-state index contributed by atoms with van der Waals surface area (Å²) in [4.78, 5) is 15.4. The zero-order valence-corrected chi connectivity index (χ0v) is 16.2. The Morgan fingerprint density at radius 3 is 2.37 bits per heavy atom. The summed E-state index contributed by atoms with van der Waals surface area (Å²) < 4.78 is 11.0. The maximum absolute atomic E-state index is 13.2. The number of ketones is 1. The van der Waals surface area contributed by atoms with Crippen molar-refractivity contribution in [1.82, 2.24) is 4.90 Å². The maximum Gasteiger partial charge on any atom is 0.197 e. The lowest BCUT2D eigenvalue weighted by Gasteiger charge is -2.19. The molecule has 3 aromatic rings. The molecule has 0 atom stereocenters. The van der Waals surface area contributed by atoms with Gasteiger partial charge in [-0.1, -0.05) is 13.8 Å². The second-order valence-electron chi connectivity index (χ2n) is 6.49. The molecule has 0 fully saturated rings. The van der Waals surface area contributed by atoms with Crippen molar-refractivity contribution in [2.75, 3.05) is 20.2 Å². The number of rotatable bonds is 7. The number of carbonyl (C=O) groups is 1. The lowest BCUT2D eigenvalue weighted by atomic mass is 9.96. The topological polar surface area (TPSA) is 62.9 Å². The van der Waals surface area contributed by atoms with Gasteiger partial charge in [-0.05, 0) is 56.4 Å². The van der Waals surface area contributed by atoms with Crippen molar-refractivity contribution in [2.45, 2.75) is 27.3 Å². The molecule has 0 aliphatic rings. The zero-order valence-electron chi connectivity index (χ0n) is 16.2. The third-order valence-electron chi connectivity index (χ3n) is 4.97. The average molecular weight is 367 g/mol. The van der Waals surface area contributed by atoms with Gasteiger partial charge in [0.15, 0.2) is 5.78 Å². The molecule has 3 rings (SSSR count). The van der Waals surface area contributed by atoms with Crippen LogP contribution in [0.1, 0.15) is 41.1 Å². The molecule has 0 spiro atoms. The van der Waals surface area contributed by atoms with Crippen molar-refractivity contribution in [1.29, 1.82) is 0 Å². The largest absolute Gasteiger partial charge is 0.508 e. The molecular formula is C22H25NO4. The number of hydrogen-bond donors (Lipinski definition) is 1. The number of hydrogen-bond acceptors (Lipinski definition) is 5. The predicted molar refractivity (Wildman–Crippen MR) is 106 cm³/mol. The molecule has 142 valence electrons. The number of aryl methyl sites for hydroxylation is 1. The van der Waals surface area contributed by atoms with E-state index in [0.717, 1.165) is 18.7 Å². The average Bonchev–Trinajstić information content (AvgIpc) is 3.03. The van der Waals surface area contributed by atoms with E-state index in [4.69, 9.17) is 9.15 Å². The molecule has 1 aromatic heterocycles. The van der Waals surface area contributed by atoms with E-state index in [0.29, 0.717) is 40.2 Å². The van der Waals surface area contributed by atoms with Crippen LogP contribution in [0, 0.1) is 6.92 Å². The highest BCUT2D eigenvalue weighted by Crippen LogP contribution is 2.36. The predicted octanol–water partition coefficient (Wildman–Crippen LogP) is 4.53. The van der Waals surface area contributed by atoms with E-state index in [9.17, 15) is 9.90 Å². The fourth-order valence-electron chi connectivity index (χ4n) is 3.36. The first-order chi connectivity index (χ1) is 13.0. The molecule has 0 aliphatic carbocycles. The van der Waals surface area contributed by atoms with Crippen molar-refractivity contribution in [3.63, 3.8) is 0 Å². The van der Waals surface area contributed by atoms with Gasteiger partial charge in [0.1, 0.15) is 22.8 Å². The third kappa shape index (κ3) is 3.55. The summed E-state index contributed by atoms with van der Waals surface area (Å²) in [5.41, 5.74) is 2.40. The first-order valence-corrected chi connectivity index (χ1v) is 9.15. The van der Waals surface area contributed by atoms with Crippen LogP contribution in [-0.2, 0) is 6.54 Å². The fourth-order valence-corrected chi connectivity index (χ4v) is 3.36. The molecule has 5 nitrogen and oxygen atoms in total. The molecule has 2 aromatic carbocycles. The SMILES string of the molecule is CCN(CC)Cc1c(O)ccc2oc(C)c(C(=O)c3ccc(OC)cc3)c12. The molecule has 0 bridgehead atoms. The van der Waals surface area contributed by atoms with Gasteiger partial charge in [-0.3, -0.25) is 9.69 Å². The smallest absolute Gasteiger partial charge is 0.197 e. The second-order valence-corrected chi connectivity index (χ2v) is 6.49. The molecular weight excluding hydrogens is 342 g/mol. The van der Waals surface area contributed by atoms with Gasteiger partial charge in [-0.25, -0.2) is 0 Å². The molecule has 0 saturated carbocycles. The fraction of sp³-hybridized carbons (Fsp3) is 0.318. The molecule has 1 heterocycles. The monoisotopic (exact) mass is 367 g/mol. The number of fused-ring (bicyclic) bond motifs is 1. The van der Waals surface area contributed by atoms with Gasteiger partial charge in [-0.2, -0.15) is 0 Å². The minimum Gasteiger partial charge on any atom is -0.508 e. The van der Waals surface area contributed by atoms with Crippen LogP contribution in [0.2, 0.25) is 0 Å². The van der Waals surface area contributed by atoms with Gasteiger partial charge < -0.3 is 14.3 Å². The Morgan fingerprint density at radius 2 is 1.78 bits per heavy atom. The summed E-state index contributed by atoms with van der Waals surface area (Å²) in [6.07, 6.45) is 0. The first kappa shape index (κ1) is 19.0. The molecule has 1 N–H and O–H groups in total. The van der Waals surface area contributed by atoms with Gasteiger partial charge in [0.2, 0.25) is 0 Å². The Bertz CT molecular complexity index is 953. The number of ether oxygens (including phenoxy) is 1. The number of methoxy groups -OCH3 is 1. The van der Waals surface area contributed by atoms with E-state index < -0.39 is 0 Å². The Hall–Kier alpha value is -2.79. The van der Waals surface area contributed by atoms with Crippen molar-refractivity contribution < 1.29 is 19.1 Å². The van der Waals surface area contributed by atoms with Crippen LogP contribution in [0.5, 0.6) is 11.5 Å². The van der Waals surface area contributed by atoms with Crippen LogP contribution < -0.4 is 4.74 Å². The van der Waals surface area contributed by atoms with E-state index in [1.807, 2.05) is 0 Å². The summed E-state index contributed by atoms with van der Waals surface area (Å²) in [5, 5.41) is 11.2. The van der Waals surface area contributed by atoms with E-state index in [-0.39, 0.29) is 11.5 Å². The molecule has 0 radical (unpaired) electrons. The Labute approximate surface area is 159 Å². The molecule has 5 heteroatoms. The summed E-state index contributed by atoms with van der Waals surface area (Å²) in [7, 11) is 1.59. The highest BCUT2D eigenvalue weighted by molar-refractivity contribution is 6.17. The van der Waals surface area contributed by atoms with Crippen LogP contribution in [0.4, 0.5) is 0 Å². The third-order valence-corrected chi connectivity index (χ3v) is 4.97. The number of furan rings is 1. The summed E-state index contributed by atoms with van der Waals surface area (Å²) in [6, 6.07) is 10.4. The Kier molecular flexibility index (Phi) is 5.51. The Balaban J connectivity index is 2.15. The van der Waals surface area contributed by atoms with E-state index in [1.165, 1.54) is 0 Å². The van der Waals surface area contributed by atoms with Crippen molar-refractivity contribution in [2.24, 2.45) is 0 Å². The van der Waals surface area contributed by atoms with Gasteiger partial charge in [0, 0.05) is 23.1 Å². The van der Waals surface area contributed by atoms with Crippen LogP contribution >= 0.6 is 0 Å². The van der Waals surface area contributed by atoms with Crippen LogP contribution in [-0.4, -0.2) is 36.0 Å². The van der Waals surface area contributed by atoms with Gasteiger partial charge in [0.25, 0.3) is 0 Å². The summed E-state index contributed by atoms with van der Waals surface area (Å²) >= 11 is 0. The lowest BCUT2D eigenvalue weighted by Crippen LogP contribution is -2.22. The molecule has 0 amide bonds. The van der Waals surface area contributed by atoms with E-state index in [2.05, 4.69) is 18.7 Å². The first-order valence-electron chi connectivity index (χ1n) is 9.15. The highest BCUT2D eigenvalue weighted by atomic mass is 16.5. The Morgan fingerprint density at radius 1 is 1.11 bits per heavy atom. The summed E-state index contributed by atoms with van der Waals surface area (Å²) in [5.74, 6) is 1.30. The highest BCUT2D eigenvalue weighted by Gasteiger charge is 2.24. The number of nitrogens with zero attached hydrogens (tertiary/aromatic N) is 1. The molecule has 0 saturated heterocycles. The molecule has 27 heavy (non-hydrogen) atoms. The number of phenolic OH excluding ortho intramolecular Hbond substituents is 1. The van der Waals surface area contributed by atoms with Crippen molar-refractivity contribution in [3.05, 3.63) is 58.8 Å². The second kappa shape index (κ2) is 7.84. The van der Waals surface area contributed by atoms with Crippen LogP contribution in [0.15, 0.2) is 40.8 Å². The van der Waals surface area contributed by atoms with Gasteiger partial charge in [-0.15, -0.1) is 0 Å². The number of carbonyl (C=O) groups excluding carboxylic acids is 1. The minimum atomic E-state index is -0.125. The molecule has 0 aliphatic heterocycles. The lowest BCUT2D eigenvalue weighted by molar-refractivity contribution is 0.103. The van der Waals surface area contributed by atoms with Crippen LogP contribution in [0.3, 0.4) is 0 Å². The number of benzene rings is 2. The zero-order chi connectivity index (χ0) is 19.6. The minimum absolute atomic E-state index is 0.125. The standard InChI is InChI=1S/C22H25NO4/c1-5-23(6-2)13-17-18(24)11-12-19-21(17)20(14(3)27-19)22(25)15-7-9-16(26-4)10-8-15/h7-12,24H,5-6,13H2,1-4H3. The van der Waals surface area contributed by atoms with Crippen molar-refractivity contribution >= 4 is 16.8 Å². The van der Waals surface area contributed by atoms with Gasteiger partial charge >= 0.3 is 0 Å².